The van der Waals surface area contributed by atoms with Crippen LogP contribution in [0.3, 0.4) is 0 Å². The number of carbonyl (C=O) groups is 1. The van der Waals surface area contributed by atoms with E-state index in [-0.39, 0.29) is 5.97 Å². The molecule has 0 aliphatic heterocycles. The number of benzene rings is 1. The molecular formula is C18H23N3O2. The fraction of sp³-hybridized carbons (Fsp3) is 0.333. The van der Waals surface area contributed by atoms with Gasteiger partial charge in [0.2, 0.25) is 0 Å². The van der Waals surface area contributed by atoms with Gasteiger partial charge in [0.25, 0.3) is 0 Å². The zero-order valence-corrected chi connectivity index (χ0v) is 14.0. The van der Waals surface area contributed by atoms with Gasteiger partial charge in [0.15, 0.2) is 0 Å². The Morgan fingerprint density at radius 1 is 1.22 bits per heavy atom. The van der Waals surface area contributed by atoms with Crippen LogP contribution in [0.25, 0.3) is 11.1 Å². The Hall–Kier alpha value is -2.40. The molecule has 5 nitrogen and oxygen atoms in total. The molecule has 2 N–H and O–H groups in total. The van der Waals surface area contributed by atoms with Gasteiger partial charge in [-0.1, -0.05) is 6.07 Å². The Bertz CT molecular complexity index is 678. The topological polar surface area (TPSA) is 68.4 Å². The van der Waals surface area contributed by atoms with E-state index < -0.39 is 5.41 Å². The molecule has 1 aromatic carbocycles. The summed E-state index contributed by atoms with van der Waals surface area (Å²) in [4.78, 5) is 21.4. The Kier molecular flexibility index (Phi) is 5.01. The molecule has 0 saturated heterocycles. The summed E-state index contributed by atoms with van der Waals surface area (Å²) in [6.07, 6.45) is 3.50. The van der Waals surface area contributed by atoms with Crippen molar-refractivity contribution in [2.45, 2.75) is 27.3 Å². The molecule has 0 aliphatic rings. The lowest BCUT2D eigenvalue weighted by molar-refractivity contribution is -0.196. The summed E-state index contributed by atoms with van der Waals surface area (Å²) in [6.45, 7) is 5.93. The lowest BCUT2D eigenvalue weighted by Crippen LogP contribution is -2.31. The minimum absolute atomic E-state index is 0.269. The highest BCUT2D eigenvalue weighted by molar-refractivity contribution is 5.75. The van der Waals surface area contributed by atoms with Gasteiger partial charge in [-0.25, -0.2) is 4.79 Å². The fourth-order valence-electron chi connectivity index (χ4n) is 2.11. The predicted molar refractivity (Wildman–Crippen MR) is 91.1 cm³/mol. The van der Waals surface area contributed by atoms with Gasteiger partial charge < -0.3 is 10.6 Å². The van der Waals surface area contributed by atoms with Crippen LogP contribution in [0, 0.1) is 5.41 Å². The molecule has 2 rings (SSSR count). The molecule has 0 unspecified atom stereocenters. The fourth-order valence-corrected chi connectivity index (χ4v) is 2.11. The smallest absolute Gasteiger partial charge is 0.330 e. The van der Waals surface area contributed by atoms with Crippen molar-refractivity contribution in [1.29, 1.82) is 0 Å². The van der Waals surface area contributed by atoms with Crippen molar-refractivity contribution in [1.82, 2.24) is 10.0 Å². The van der Waals surface area contributed by atoms with Gasteiger partial charge in [-0.2, -0.15) is 0 Å². The van der Waals surface area contributed by atoms with Crippen LogP contribution in [-0.2, 0) is 16.2 Å². The van der Waals surface area contributed by atoms with Gasteiger partial charge in [-0.15, -0.1) is 5.06 Å². The molecule has 0 bridgehead atoms. The van der Waals surface area contributed by atoms with Gasteiger partial charge in [-0.3, -0.25) is 4.98 Å². The van der Waals surface area contributed by atoms with Crippen molar-refractivity contribution < 1.29 is 9.63 Å². The van der Waals surface area contributed by atoms with Crippen molar-refractivity contribution >= 4 is 11.7 Å². The van der Waals surface area contributed by atoms with Crippen LogP contribution >= 0.6 is 0 Å². The van der Waals surface area contributed by atoms with Crippen LogP contribution in [0.1, 0.15) is 26.3 Å². The number of carbonyl (C=O) groups excluding carboxylic acids is 1. The van der Waals surface area contributed by atoms with Crippen molar-refractivity contribution in [3.8, 4) is 11.1 Å². The summed E-state index contributed by atoms with van der Waals surface area (Å²) < 4.78 is 0. The van der Waals surface area contributed by atoms with E-state index in [4.69, 9.17) is 10.6 Å². The molecule has 0 atom stereocenters. The van der Waals surface area contributed by atoms with Gasteiger partial charge >= 0.3 is 5.97 Å². The molecule has 23 heavy (non-hydrogen) atoms. The maximum Gasteiger partial charge on any atom is 0.330 e. The molecular weight excluding hydrogens is 290 g/mol. The van der Waals surface area contributed by atoms with Crippen LogP contribution in [0.4, 0.5) is 5.69 Å². The highest BCUT2D eigenvalue weighted by Crippen LogP contribution is 2.26. The van der Waals surface area contributed by atoms with Gasteiger partial charge in [0.1, 0.15) is 0 Å². The van der Waals surface area contributed by atoms with Crippen LogP contribution in [0.2, 0.25) is 0 Å². The third-order valence-corrected chi connectivity index (χ3v) is 3.36. The average Bonchev–Trinajstić information content (AvgIpc) is 2.47. The van der Waals surface area contributed by atoms with Crippen LogP contribution in [-0.4, -0.2) is 23.1 Å². The number of nitrogen functional groups attached to an aromatic ring is 1. The van der Waals surface area contributed by atoms with E-state index in [2.05, 4.69) is 4.98 Å². The standard InChI is InChI=1S/C18H23N3O2/c1-18(2,3)17(22)23-21(4)12-14-11-15(19)5-6-16(14)13-7-9-20-10-8-13/h5-11H,12,19H2,1-4H3. The first-order valence-electron chi connectivity index (χ1n) is 7.49. The van der Waals surface area contributed by atoms with Crippen LogP contribution < -0.4 is 5.73 Å². The molecule has 0 fully saturated rings. The first kappa shape index (κ1) is 17.0. The van der Waals surface area contributed by atoms with E-state index in [1.54, 1.807) is 19.4 Å². The molecule has 0 saturated carbocycles. The van der Waals surface area contributed by atoms with E-state index in [0.717, 1.165) is 16.7 Å². The zero-order valence-electron chi connectivity index (χ0n) is 14.0. The lowest BCUT2D eigenvalue weighted by Gasteiger charge is -2.23. The molecule has 0 amide bonds. The first-order valence-corrected chi connectivity index (χ1v) is 7.49. The van der Waals surface area contributed by atoms with Crippen LogP contribution in [0.15, 0.2) is 42.7 Å². The molecule has 122 valence electrons. The average molecular weight is 313 g/mol. The number of rotatable bonds is 4. The summed E-state index contributed by atoms with van der Waals surface area (Å²) >= 11 is 0. The largest absolute Gasteiger partial charge is 0.399 e. The van der Waals surface area contributed by atoms with Crippen molar-refractivity contribution in [3.05, 3.63) is 48.3 Å². The van der Waals surface area contributed by atoms with Gasteiger partial charge in [-0.05, 0) is 61.7 Å². The maximum absolute atomic E-state index is 12.0. The Morgan fingerprint density at radius 2 is 1.87 bits per heavy atom. The number of nitrogens with two attached hydrogens (primary N) is 1. The maximum atomic E-state index is 12.0. The number of pyridine rings is 1. The SMILES string of the molecule is CN(Cc1cc(N)ccc1-c1ccncc1)OC(=O)C(C)(C)C. The number of hydrogen-bond donors (Lipinski definition) is 1. The number of hydroxylamine groups is 2. The minimum Gasteiger partial charge on any atom is -0.399 e. The Labute approximate surface area is 137 Å². The van der Waals surface area contributed by atoms with Crippen molar-refractivity contribution in [3.63, 3.8) is 0 Å². The normalized spacial score (nSPS) is 11.5. The van der Waals surface area contributed by atoms with E-state index in [9.17, 15) is 4.79 Å². The number of hydrogen-bond acceptors (Lipinski definition) is 5. The summed E-state index contributed by atoms with van der Waals surface area (Å²) in [5.41, 5.74) is 9.12. The van der Waals surface area contributed by atoms with Gasteiger partial charge in [0, 0.05) is 25.1 Å². The lowest BCUT2D eigenvalue weighted by atomic mass is 9.98. The minimum atomic E-state index is -0.544. The van der Waals surface area contributed by atoms with E-state index in [0.29, 0.717) is 12.2 Å². The molecule has 0 spiro atoms. The number of aromatic nitrogens is 1. The monoisotopic (exact) mass is 313 g/mol. The Balaban J connectivity index is 2.22. The molecule has 1 heterocycles. The van der Waals surface area contributed by atoms with Crippen molar-refractivity contribution in [2.75, 3.05) is 12.8 Å². The Morgan fingerprint density at radius 3 is 2.48 bits per heavy atom. The second-order valence-electron chi connectivity index (χ2n) is 6.57. The van der Waals surface area contributed by atoms with Crippen LogP contribution in [0.5, 0.6) is 0 Å². The second-order valence-corrected chi connectivity index (χ2v) is 6.57. The second kappa shape index (κ2) is 6.79. The molecule has 0 aliphatic carbocycles. The summed E-state index contributed by atoms with van der Waals surface area (Å²) in [5, 5.41) is 1.53. The van der Waals surface area contributed by atoms with Gasteiger partial charge in [0.05, 0.1) is 12.0 Å². The third-order valence-electron chi connectivity index (χ3n) is 3.36. The molecule has 0 radical (unpaired) electrons. The summed E-state index contributed by atoms with van der Waals surface area (Å²) in [7, 11) is 1.74. The summed E-state index contributed by atoms with van der Waals surface area (Å²) in [5.74, 6) is -0.269. The summed E-state index contributed by atoms with van der Waals surface area (Å²) in [6, 6.07) is 9.61. The third kappa shape index (κ3) is 4.53. The molecule has 2 aromatic rings. The highest BCUT2D eigenvalue weighted by Gasteiger charge is 2.25. The first-order chi connectivity index (χ1) is 10.8. The predicted octanol–water partition coefficient (Wildman–Crippen LogP) is 3.27. The zero-order chi connectivity index (χ0) is 17.0. The van der Waals surface area contributed by atoms with E-state index in [1.165, 1.54) is 5.06 Å². The molecule has 5 heteroatoms. The number of anilines is 1. The highest BCUT2D eigenvalue weighted by atomic mass is 16.7. The number of nitrogens with zero attached hydrogens (tertiary/aromatic N) is 2. The van der Waals surface area contributed by atoms with E-state index >= 15 is 0 Å². The quantitative estimate of drug-likeness (QED) is 0.693. The van der Waals surface area contributed by atoms with E-state index in [1.807, 2.05) is 51.1 Å². The van der Waals surface area contributed by atoms with Crippen molar-refractivity contribution in [2.24, 2.45) is 5.41 Å². The molecule has 1 aromatic heterocycles.